The van der Waals surface area contributed by atoms with E-state index in [-0.39, 0.29) is 0 Å². The van der Waals surface area contributed by atoms with E-state index in [1.165, 1.54) is 0 Å². The van der Waals surface area contributed by atoms with Gasteiger partial charge in [-0.3, -0.25) is 0 Å². The fourth-order valence-electron chi connectivity index (χ4n) is 1.41. The smallest absolute Gasteiger partial charge is 0.133 e. The first-order valence-electron chi connectivity index (χ1n) is 4.59. The van der Waals surface area contributed by atoms with Crippen LogP contribution in [0.1, 0.15) is 0 Å². The van der Waals surface area contributed by atoms with Crippen molar-refractivity contribution in [1.82, 2.24) is 9.97 Å². The Hall–Kier alpha value is -0.810. The van der Waals surface area contributed by atoms with E-state index in [2.05, 4.69) is 14.9 Å². The van der Waals surface area contributed by atoms with Crippen LogP contribution in [0.3, 0.4) is 0 Å². The van der Waals surface area contributed by atoms with E-state index in [1.54, 1.807) is 18.1 Å². The van der Waals surface area contributed by atoms with Gasteiger partial charge >= 0.3 is 0 Å². The number of morpholine rings is 1. The van der Waals surface area contributed by atoms with E-state index >= 15 is 0 Å². The van der Waals surface area contributed by atoms with Crippen molar-refractivity contribution in [2.24, 2.45) is 0 Å². The molecule has 0 atom stereocenters. The van der Waals surface area contributed by atoms with Gasteiger partial charge in [0, 0.05) is 19.2 Å². The number of rotatable bonds is 2. The van der Waals surface area contributed by atoms with Crippen molar-refractivity contribution < 1.29 is 4.74 Å². The van der Waals surface area contributed by atoms with Gasteiger partial charge in [-0.2, -0.15) is 0 Å². The molecule has 0 amide bonds. The largest absolute Gasteiger partial charge is 0.378 e. The number of ether oxygens (including phenoxy) is 1. The molecule has 14 heavy (non-hydrogen) atoms. The second-order valence-electron chi connectivity index (χ2n) is 3.02. The average molecular weight is 211 g/mol. The lowest BCUT2D eigenvalue weighted by Gasteiger charge is -2.27. The van der Waals surface area contributed by atoms with E-state index in [9.17, 15) is 0 Å². The molecular weight excluding hydrogens is 198 g/mol. The van der Waals surface area contributed by atoms with E-state index in [0.717, 1.165) is 37.1 Å². The second-order valence-corrected chi connectivity index (χ2v) is 3.84. The van der Waals surface area contributed by atoms with Crippen molar-refractivity contribution in [2.75, 3.05) is 37.5 Å². The van der Waals surface area contributed by atoms with Crippen LogP contribution >= 0.6 is 11.8 Å². The number of nitrogens with zero attached hydrogens (tertiary/aromatic N) is 3. The summed E-state index contributed by atoms with van der Waals surface area (Å²) in [6.07, 6.45) is 3.64. The molecule has 1 aromatic rings. The molecule has 0 radical (unpaired) electrons. The van der Waals surface area contributed by atoms with Crippen LogP contribution in [0.2, 0.25) is 0 Å². The zero-order valence-corrected chi connectivity index (χ0v) is 8.96. The molecule has 0 aliphatic carbocycles. The number of hydrogen-bond acceptors (Lipinski definition) is 5. The Morgan fingerprint density at radius 1 is 1.36 bits per heavy atom. The zero-order valence-electron chi connectivity index (χ0n) is 8.14. The highest BCUT2D eigenvalue weighted by atomic mass is 32.2. The standard InChI is InChI=1S/C9H13N3OS/c1-14-9-6-8(10-7-11-9)12-2-4-13-5-3-12/h6-7H,2-5H2,1H3. The van der Waals surface area contributed by atoms with Crippen molar-refractivity contribution in [3.05, 3.63) is 12.4 Å². The van der Waals surface area contributed by atoms with E-state index in [0.29, 0.717) is 0 Å². The summed E-state index contributed by atoms with van der Waals surface area (Å²) in [7, 11) is 0. The van der Waals surface area contributed by atoms with E-state index < -0.39 is 0 Å². The Kier molecular flexibility index (Phi) is 3.21. The Balaban J connectivity index is 2.13. The maximum Gasteiger partial charge on any atom is 0.133 e. The van der Waals surface area contributed by atoms with Gasteiger partial charge in [-0.05, 0) is 6.26 Å². The van der Waals surface area contributed by atoms with Gasteiger partial charge in [-0.25, -0.2) is 9.97 Å². The molecule has 4 nitrogen and oxygen atoms in total. The van der Waals surface area contributed by atoms with Crippen molar-refractivity contribution in [2.45, 2.75) is 5.03 Å². The van der Waals surface area contributed by atoms with E-state index in [4.69, 9.17) is 4.74 Å². The molecule has 1 aliphatic rings. The summed E-state index contributed by atoms with van der Waals surface area (Å²) >= 11 is 1.64. The quantitative estimate of drug-likeness (QED) is 0.539. The molecule has 0 unspecified atom stereocenters. The van der Waals surface area contributed by atoms with Crippen molar-refractivity contribution in [3.8, 4) is 0 Å². The van der Waals surface area contributed by atoms with Gasteiger partial charge in [0.15, 0.2) is 0 Å². The Labute approximate surface area is 87.7 Å². The van der Waals surface area contributed by atoms with Crippen LogP contribution in [-0.4, -0.2) is 42.5 Å². The predicted octanol–water partition coefficient (Wildman–Crippen LogP) is 1.04. The summed E-state index contributed by atoms with van der Waals surface area (Å²) in [6.45, 7) is 3.42. The SMILES string of the molecule is CSc1cc(N2CCOCC2)ncn1. The van der Waals surface area contributed by atoms with Crippen LogP contribution in [0.5, 0.6) is 0 Å². The lowest BCUT2D eigenvalue weighted by Crippen LogP contribution is -2.36. The average Bonchev–Trinajstić information content (AvgIpc) is 2.30. The zero-order chi connectivity index (χ0) is 9.80. The minimum Gasteiger partial charge on any atom is -0.378 e. The van der Waals surface area contributed by atoms with Gasteiger partial charge in [-0.15, -0.1) is 11.8 Å². The molecule has 76 valence electrons. The third-order valence-corrected chi connectivity index (χ3v) is 2.81. The van der Waals surface area contributed by atoms with Gasteiger partial charge in [0.05, 0.1) is 13.2 Å². The van der Waals surface area contributed by atoms with Crippen molar-refractivity contribution in [3.63, 3.8) is 0 Å². The molecule has 0 bridgehead atoms. The van der Waals surface area contributed by atoms with E-state index in [1.807, 2.05) is 12.3 Å². The molecule has 0 spiro atoms. The van der Waals surface area contributed by atoms with Crippen molar-refractivity contribution >= 4 is 17.6 Å². The number of hydrogen-bond donors (Lipinski definition) is 0. The summed E-state index contributed by atoms with van der Waals surface area (Å²) < 4.78 is 5.29. The second kappa shape index (κ2) is 4.61. The third kappa shape index (κ3) is 2.16. The van der Waals surface area contributed by atoms with Gasteiger partial charge in [0.25, 0.3) is 0 Å². The third-order valence-electron chi connectivity index (χ3n) is 2.17. The molecule has 0 aromatic carbocycles. The minimum absolute atomic E-state index is 0.790. The highest BCUT2D eigenvalue weighted by Gasteiger charge is 2.12. The summed E-state index contributed by atoms with van der Waals surface area (Å²) in [5.41, 5.74) is 0. The lowest BCUT2D eigenvalue weighted by atomic mass is 10.4. The molecule has 2 heterocycles. The highest BCUT2D eigenvalue weighted by molar-refractivity contribution is 7.98. The number of thioether (sulfide) groups is 1. The molecule has 0 N–H and O–H groups in total. The molecule has 1 saturated heterocycles. The van der Waals surface area contributed by atoms with Gasteiger partial charge in [-0.1, -0.05) is 0 Å². The van der Waals surface area contributed by atoms with Crippen LogP contribution < -0.4 is 4.90 Å². The summed E-state index contributed by atoms with van der Waals surface area (Å²) in [6, 6.07) is 2.02. The van der Waals surface area contributed by atoms with Gasteiger partial charge in [0.2, 0.25) is 0 Å². The number of aromatic nitrogens is 2. The van der Waals surface area contributed by atoms with Gasteiger partial charge in [0.1, 0.15) is 17.2 Å². The normalized spacial score (nSPS) is 17.1. The first kappa shape index (κ1) is 9.73. The molecule has 1 aromatic heterocycles. The molecule has 5 heteroatoms. The summed E-state index contributed by atoms with van der Waals surface area (Å²) in [4.78, 5) is 10.6. The molecule has 2 rings (SSSR count). The monoisotopic (exact) mass is 211 g/mol. The summed E-state index contributed by atoms with van der Waals surface area (Å²) in [5.74, 6) is 1.01. The summed E-state index contributed by atoms with van der Waals surface area (Å²) in [5, 5.41) is 1.02. The first-order chi connectivity index (χ1) is 6.90. The van der Waals surface area contributed by atoms with Crippen molar-refractivity contribution in [1.29, 1.82) is 0 Å². The maximum atomic E-state index is 5.29. The fraction of sp³-hybridized carbons (Fsp3) is 0.556. The highest BCUT2D eigenvalue weighted by Crippen LogP contribution is 2.17. The van der Waals surface area contributed by atoms with Crippen LogP contribution in [0.4, 0.5) is 5.82 Å². The molecule has 0 saturated carbocycles. The first-order valence-corrected chi connectivity index (χ1v) is 5.81. The Morgan fingerprint density at radius 3 is 2.86 bits per heavy atom. The molecule has 1 aliphatic heterocycles. The Bertz CT molecular complexity index is 302. The Morgan fingerprint density at radius 2 is 2.14 bits per heavy atom. The predicted molar refractivity (Wildman–Crippen MR) is 56.8 cm³/mol. The number of anilines is 1. The fourth-order valence-corrected chi connectivity index (χ4v) is 1.78. The van der Waals surface area contributed by atoms with Crippen LogP contribution in [0.15, 0.2) is 17.4 Å². The molecule has 1 fully saturated rings. The lowest BCUT2D eigenvalue weighted by molar-refractivity contribution is 0.122. The van der Waals surface area contributed by atoms with Crippen LogP contribution in [0.25, 0.3) is 0 Å². The minimum atomic E-state index is 0.790. The van der Waals surface area contributed by atoms with Crippen LogP contribution in [-0.2, 0) is 4.74 Å². The van der Waals surface area contributed by atoms with Crippen LogP contribution in [0, 0.1) is 0 Å². The molecular formula is C9H13N3OS. The topological polar surface area (TPSA) is 38.2 Å². The maximum absolute atomic E-state index is 5.29. The van der Waals surface area contributed by atoms with Gasteiger partial charge < -0.3 is 9.64 Å².